The summed E-state index contributed by atoms with van der Waals surface area (Å²) >= 11 is 0. The maximum Gasteiger partial charge on any atom is 0.397 e. The molecule has 0 aromatic carbocycles. The lowest BCUT2D eigenvalue weighted by Crippen LogP contribution is -2.61. The molecule has 1 saturated heterocycles. The second kappa shape index (κ2) is 42.9. The van der Waals surface area contributed by atoms with Gasteiger partial charge in [0.2, 0.25) is 5.91 Å². The molecule has 0 aromatic heterocycles. The first kappa shape index (κ1) is 63.0. The van der Waals surface area contributed by atoms with E-state index in [1.807, 2.05) is 0 Å². The van der Waals surface area contributed by atoms with Crippen molar-refractivity contribution in [2.45, 2.75) is 268 Å². The lowest BCUT2D eigenvalue weighted by molar-refractivity contribution is -0.298. The van der Waals surface area contributed by atoms with E-state index in [9.17, 15) is 43.3 Å². The third-order valence-corrected chi connectivity index (χ3v) is 12.9. The Hall–Kier alpha value is -1.98. The van der Waals surface area contributed by atoms with Crippen molar-refractivity contribution in [1.29, 1.82) is 0 Å². The van der Waals surface area contributed by atoms with E-state index in [2.05, 4.69) is 59.8 Å². The van der Waals surface area contributed by atoms with Gasteiger partial charge in [0.1, 0.15) is 30.5 Å². The van der Waals surface area contributed by atoms with Crippen molar-refractivity contribution in [3.8, 4) is 0 Å². The molecule has 1 aliphatic heterocycles. The highest BCUT2D eigenvalue weighted by Crippen LogP contribution is 2.26. The molecule has 0 spiro atoms. The van der Waals surface area contributed by atoms with Gasteiger partial charge in [0.05, 0.1) is 25.4 Å². The lowest BCUT2D eigenvalue weighted by atomic mass is 9.99. The third kappa shape index (κ3) is 34.9. The van der Waals surface area contributed by atoms with Crippen LogP contribution in [0, 0.1) is 0 Å². The molecular weight excluding hydrogens is 875 g/mol. The molecule has 8 atom stereocenters. The van der Waals surface area contributed by atoms with Crippen molar-refractivity contribution in [2.24, 2.45) is 0 Å². The Balaban J connectivity index is 2.51. The SMILES string of the molecule is CCCCCCCCCCC/C=C\C/C=C\CCCCCCCCC(O)C(=O)NC(COC1OC(CO)C(O)C(OS(=O)(=O)O)C1O)C(O)/C=C/CC/C=C/CCCCCCCCCCCC. The van der Waals surface area contributed by atoms with Crippen LogP contribution in [0.4, 0.5) is 0 Å². The second-order valence-electron chi connectivity index (χ2n) is 18.6. The van der Waals surface area contributed by atoms with Gasteiger partial charge < -0.3 is 40.3 Å². The number of allylic oxidation sites excluding steroid dienone is 7. The number of aliphatic hydroxyl groups is 5. The molecule has 0 saturated carbocycles. The summed E-state index contributed by atoms with van der Waals surface area (Å²) in [5.41, 5.74) is 0. The van der Waals surface area contributed by atoms with Crippen LogP contribution in [-0.2, 0) is 28.9 Å². The number of unbranched alkanes of at least 4 members (excludes halogenated alkanes) is 26. The molecule has 1 fully saturated rings. The molecule has 7 N–H and O–H groups in total. The predicted octanol–water partition coefficient (Wildman–Crippen LogP) is 10.6. The predicted molar refractivity (Wildman–Crippen MR) is 270 cm³/mol. The maximum absolute atomic E-state index is 13.2. The van der Waals surface area contributed by atoms with Gasteiger partial charge in [-0.15, -0.1) is 0 Å². The summed E-state index contributed by atoms with van der Waals surface area (Å²) < 4.78 is 47.6. The van der Waals surface area contributed by atoms with E-state index in [1.165, 1.54) is 128 Å². The number of aliphatic hydroxyl groups excluding tert-OH is 5. The minimum atomic E-state index is -5.13. The number of nitrogens with one attached hydrogen (secondary N) is 1. The largest absolute Gasteiger partial charge is 0.397 e. The monoisotopic (exact) mass is 972 g/mol. The zero-order chi connectivity index (χ0) is 49.2. The minimum absolute atomic E-state index is 0.224. The van der Waals surface area contributed by atoms with Crippen LogP contribution in [-0.4, -0.2) is 107 Å². The molecule has 13 nitrogen and oxygen atoms in total. The molecule has 0 bridgehead atoms. The molecule has 67 heavy (non-hydrogen) atoms. The number of carbonyl (C=O) groups is 1. The third-order valence-electron chi connectivity index (χ3n) is 12.4. The quantitative estimate of drug-likeness (QED) is 0.0173. The lowest BCUT2D eigenvalue weighted by Gasteiger charge is -2.41. The molecular formula is C53H97NO12S. The molecule has 1 rings (SSSR count). The zero-order valence-electron chi connectivity index (χ0n) is 41.8. The van der Waals surface area contributed by atoms with E-state index >= 15 is 0 Å². The summed E-state index contributed by atoms with van der Waals surface area (Å²) in [7, 11) is -5.13. The minimum Gasteiger partial charge on any atom is -0.394 e. The van der Waals surface area contributed by atoms with Crippen molar-refractivity contribution in [2.75, 3.05) is 13.2 Å². The summed E-state index contributed by atoms with van der Waals surface area (Å²) in [6, 6.07) is -1.14. The van der Waals surface area contributed by atoms with Crippen molar-refractivity contribution in [3.63, 3.8) is 0 Å². The van der Waals surface area contributed by atoms with E-state index in [0.717, 1.165) is 64.2 Å². The van der Waals surface area contributed by atoms with Crippen LogP contribution in [0.25, 0.3) is 0 Å². The second-order valence-corrected chi connectivity index (χ2v) is 19.6. The Morgan fingerprint density at radius 1 is 0.612 bits per heavy atom. The molecule has 0 aromatic rings. The first-order valence-electron chi connectivity index (χ1n) is 26.6. The molecule has 0 aliphatic carbocycles. The van der Waals surface area contributed by atoms with Crippen molar-refractivity contribution < 1.29 is 57.0 Å². The number of hydrogen-bond donors (Lipinski definition) is 7. The van der Waals surface area contributed by atoms with Gasteiger partial charge in [0.25, 0.3) is 0 Å². The fraction of sp³-hybridized carbons (Fsp3) is 0.830. The molecule has 392 valence electrons. The highest BCUT2D eigenvalue weighted by molar-refractivity contribution is 7.80. The zero-order valence-corrected chi connectivity index (χ0v) is 42.6. The van der Waals surface area contributed by atoms with Gasteiger partial charge in [-0.05, 0) is 64.2 Å². The fourth-order valence-electron chi connectivity index (χ4n) is 8.21. The maximum atomic E-state index is 13.2. The van der Waals surface area contributed by atoms with Crippen LogP contribution in [0.5, 0.6) is 0 Å². The van der Waals surface area contributed by atoms with E-state index < -0.39 is 78.5 Å². The summed E-state index contributed by atoms with van der Waals surface area (Å²) in [6.07, 6.45) is 41.9. The number of rotatable bonds is 45. The molecule has 1 amide bonds. The van der Waals surface area contributed by atoms with Crippen LogP contribution in [0.1, 0.15) is 219 Å². The van der Waals surface area contributed by atoms with Crippen molar-refractivity contribution in [3.05, 3.63) is 48.6 Å². The van der Waals surface area contributed by atoms with Crippen LogP contribution in [0.3, 0.4) is 0 Å². The van der Waals surface area contributed by atoms with Crippen LogP contribution < -0.4 is 5.32 Å². The number of ether oxygens (including phenoxy) is 2. The Morgan fingerprint density at radius 2 is 1.04 bits per heavy atom. The van der Waals surface area contributed by atoms with E-state index in [-0.39, 0.29) is 6.42 Å². The molecule has 14 heteroatoms. The van der Waals surface area contributed by atoms with E-state index in [1.54, 1.807) is 6.08 Å². The standard InChI is InChI=1S/C53H97NO12S/c1-3-5-7-9-11-13-15-17-19-21-22-23-24-25-26-28-30-32-34-36-38-40-42-47(57)52(60)54-45(44-64-53-50(59)51(66-67(61,62)63)49(58)48(43-55)65-53)46(56)41-39-37-35-33-31-29-27-20-18-16-14-12-10-8-6-4-2/h22-23,25-26,31,33,39,41,45-51,53,55-59H,3-21,24,27-30,32,34-38,40,42-44H2,1-2H3,(H,54,60)(H,61,62,63)/b23-22-,26-25-,33-31+,41-39+. The molecule has 0 radical (unpaired) electrons. The van der Waals surface area contributed by atoms with Gasteiger partial charge in [-0.2, -0.15) is 8.42 Å². The van der Waals surface area contributed by atoms with Gasteiger partial charge in [0.15, 0.2) is 6.29 Å². The van der Waals surface area contributed by atoms with E-state index in [0.29, 0.717) is 12.8 Å². The first-order chi connectivity index (χ1) is 32.4. The molecule has 1 heterocycles. The first-order valence-corrected chi connectivity index (χ1v) is 28.0. The Kier molecular flexibility index (Phi) is 40.3. The summed E-state index contributed by atoms with van der Waals surface area (Å²) in [4.78, 5) is 13.2. The van der Waals surface area contributed by atoms with E-state index in [4.69, 9.17) is 9.47 Å². The van der Waals surface area contributed by atoms with Gasteiger partial charge >= 0.3 is 10.4 Å². The normalized spacial score (nSPS) is 20.7. The Labute approximate surface area is 407 Å². The number of amides is 1. The topological polar surface area (TPSA) is 212 Å². The van der Waals surface area contributed by atoms with Crippen LogP contribution in [0.2, 0.25) is 0 Å². The fourth-order valence-corrected chi connectivity index (χ4v) is 8.72. The van der Waals surface area contributed by atoms with Crippen LogP contribution in [0.15, 0.2) is 48.6 Å². The number of hydrogen-bond acceptors (Lipinski definition) is 11. The van der Waals surface area contributed by atoms with Gasteiger partial charge in [-0.3, -0.25) is 9.35 Å². The van der Waals surface area contributed by atoms with Crippen molar-refractivity contribution in [1.82, 2.24) is 5.32 Å². The van der Waals surface area contributed by atoms with Gasteiger partial charge in [0, 0.05) is 0 Å². The summed E-state index contributed by atoms with van der Waals surface area (Å²) in [5.74, 6) is -0.720. The Bertz CT molecular complexity index is 1390. The molecule has 1 aliphatic rings. The summed E-state index contributed by atoms with van der Waals surface area (Å²) in [5, 5.41) is 55.4. The van der Waals surface area contributed by atoms with Gasteiger partial charge in [-0.25, -0.2) is 4.18 Å². The van der Waals surface area contributed by atoms with Gasteiger partial charge in [-0.1, -0.05) is 204 Å². The average Bonchev–Trinajstić information content (AvgIpc) is 3.30. The highest BCUT2D eigenvalue weighted by atomic mass is 32.3. The summed E-state index contributed by atoms with van der Waals surface area (Å²) in [6.45, 7) is 3.21. The highest BCUT2D eigenvalue weighted by Gasteiger charge is 2.48. The van der Waals surface area contributed by atoms with Crippen molar-refractivity contribution >= 4 is 16.3 Å². The average molecular weight is 972 g/mol. The van der Waals surface area contributed by atoms with Crippen LogP contribution >= 0.6 is 0 Å². The Morgan fingerprint density at radius 3 is 1.52 bits per heavy atom. The molecule has 8 unspecified atom stereocenters. The smallest absolute Gasteiger partial charge is 0.394 e. The number of carbonyl (C=O) groups excluding carboxylic acids is 1.